The van der Waals surface area contributed by atoms with Crippen LogP contribution in [0.3, 0.4) is 0 Å². The smallest absolute Gasteiger partial charge is 0.333 e. The highest BCUT2D eigenvalue weighted by Gasteiger charge is 2.15. The first-order valence-corrected chi connectivity index (χ1v) is 5.70. The minimum absolute atomic E-state index is 0.00981. The molecule has 0 aromatic carbocycles. The maximum atomic E-state index is 11.5. The molecule has 3 heteroatoms. The molecule has 0 aliphatic carbocycles. The van der Waals surface area contributed by atoms with E-state index in [9.17, 15) is 4.79 Å². The summed E-state index contributed by atoms with van der Waals surface area (Å²) in [4.78, 5) is 11.5. The molecule has 0 saturated heterocycles. The van der Waals surface area contributed by atoms with Crippen molar-refractivity contribution in [2.75, 3.05) is 6.61 Å². The van der Waals surface area contributed by atoms with Crippen LogP contribution in [-0.2, 0) is 9.53 Å². The number of ether oxygens (including phenoxy) is 1. The van der Waals surface area contributed by atoms with Crippen molar-refractivity contribution < 1.29 is 9.53 Å². The van der Waals surface area contributed by atoms with Crippen LogP contribution in [-0.4, -0.2) is 18.6 Å². The van der Waals surface area contributed by atoms with Crippen LogP contribution in [0.4, 0.5) is 0 Å². The van der Waals surface area contributed by atoms with Crippen molar-refractivity contribution in [2.45, 2.75) is 53.0 Å². The first-order valence-electron chi connectivity index (χ1n) is 5.70. The standard InChI is InChI=1S/C12H23NO2/c1-5-8-11(13)10(6-2)9(4)12(14)15-7-3/h11H,5-8,13H2,1-4H3. The van der Waals surface area contributed by atoms with Crippen molar-refractivity contribution in [2.24, 2.45) is 5.73 Å². The predicted octanol–water partition coefficient (Wildman–Crippen LogP) is 2.40. The Labute approximate surface area is 92.7 Å². The number of esters is 1. The first-order chi connectivity index (χ1) is 7.08. The van der Waals surface area contributed by atoms with Crippen LogP contribution < -0.4 is 5.73 Å². The fourth-order valence-electron chi connectivity index (χ4n) is 1.66. The summed E-state index contributed by atoms with van der Waals surface area (Å²) in [6.45, 7) is 8.13. The highest BCUT2D eigenvalue weighted by atomic mass is 16.5. The molecule has 0 radical (unpaired) electrons. The lowest BCUT2D eigenvalue weighted by atomic mass is 9.96. The van der Waals surface area contributed by atoms with E-state index in [4.69, 9.17) is 10.5 Å². The van der Waals surface area contributed by atoms with Gasteiger partial charge in [0.2, 0.25) is 0 Å². The largest absolute Gasteiger partial charge is 0.463 e. The topological polar surface area (TPSA) is 52.3 Å². The van der Waals surface area contributed by atoms with Crippen molar-refractivity contribution in [3.63, 3.8) is 0 Å². The summed E-state index contributed by atoms with van der Waals surface area (Å²) in [7, 11) is 0. The normalized spacial score (nSPS) is 14.5. The molecule has 0 aromatic heterocycles. The third kappa shape index (κ3) is 4.47. The van der Waals surface area contributed by atoms with Crippen LogP contribution in [0.2, 0.25) is 0 Å². The van der Waals surface area contributed by atoms with E-state index in [-0.39, 0.29) is 12.0 Å². The van der Waals surface area contributed by atoms with Crippen LogP contribution in [0.15, 0.2) is 11.1 Å². The van der Waals surface area contributed by atoms with Gasteiger partial charge in [0.05, 0.1) is 6.61 Å². The van der Waals surface area contributed by atoms with Crippen molar-refractivity contribution in [1.29, 1.82) is 0 Å². The van der Waals surface area contributed by atoms with Crippen LogP contribution in [0.1, 0.15) is 47.0 Å². The second-order valence-electron chi connectivity index (χ2n) is 3.62. The van der Waals surface area contributed by atoms with Gasteiger partial charge in [-0.15, -0.1) is 0 Å². The molecule has 0 rings (SSSR count). The van der Waals surface area contributed by atoms with E-state index in [2.05, 4.69) is 6.92 Å². The number of rotatable bonds is 6. The summed E-state index contributed by atoms with van der Waals surface area (Å²) < 4.78 is 4.96. The highest BCUT2D eigenvalue weighted by Crippen LogP contribution is 2.16. The van der Waals surface area contributed by atoms with Gasteiger partial charge in [-0.2, -0.15) is 0 Å². The Hall–Kier alpha value is -0.830. The Morgan fingerprint density at radius 2 is 1.93 bits per heavy atom. The Balaban J connectivity index is 4.71. The number of carbonyl (C=O) groups is 1. The average Bonchev–Trinajstić information content (AvgIpc) is 2.19. The second kappa shape index (κ2) is 7.46. The van der Waals surface area contributed by atoms with Gasteiger partial charge in [0.15, 0.2) is 0 Å². The van der Waals surface area contributed by atoms with Crippen molar-refractivity contribution >= 4 is 5.97 Å². The molecular weight excluding hydrogens is 190 g/mol. The minimum atomic E-state index is -0.235. The van der Waals surface area contributed by atoms with Gasteiger partial charge in [-0.25, -0.2) is 4.79 Å². The maximum absolute atomic E-state index is 11.5. The van der Waals surface area contributed by atoms with E-state index in [1.54, 1.807) is 6.92 Å². The first kappa shape index (κ1) is 14.2. The van der Waals surface area contributed by atoms with Crippen LogP contribution in [0.25, 0.3) is 0 Å². The average molecular weight is 213 g/mol. The molecule has 0 aliphatic rings. The number of hydrogen-bond donors (Lipinski definition) is 1. The monoisotopic (exact) mass is 213 g/mol. The molecule has 3 nitrogen and oxygen atoms in total. The van der Waals surface area contributed by atoms with Gasteiger partial charge in [-0.3, -0.25) is 0 Å². The van der Waals surface area contributed by atoms with Gasteiger partial charge in [0.25, 0.3) is 0 Å². The Kier molecular flexibility index (Phi) is 7.05. The Morgan fingerprint density at radius 3 is 2.33 bits per heavy atom. The van der Waals surface area contributed by atoms with Crippen LogP contribution in [0.5, 0.6) is 0 Å². The predicted molar refractivity (Wildman–Crippen MR) is 62.5 cm³/mol. The van der Waals surface area contributed by atoms with E-state index in [1.807, 2.05) is 13.8 Å². The molecule has 0 spiro atoms. The van der Waals surface area contributed by atoms with E-state index >= 15 is 0 Å². The number of hydrogen-bond acceptors (Lipinski definition) is 3. The molecule has 0 aliphatic heterocycles. The molecule has 0 amide bonds. The highest BCUT2D eigenvalue weighted by molar-refractivity contribution is 5.88. The van der Waals surface area contributed by atoms with Gasteiger partial charge in [0, 0.05) is 11.6 Å². The zero-order valence-electron chi connectivity index (χ0n) is 10.3. The van der Waals surface area contributed by atoms with E-state index < -0.39 is 0 Å². The zero-order chi connectivity index (χ0) is 11.8. The number of carbonyl (C=O) groups excluding carboxylic acids is 1. The zero-order valence-corrected chi connectivity index (χ0v) is 10.3. The van der Waals surface area contributed by atoms with Gasteiger partial charge >= 0.3 is 5.97 Å². The van der Waals surface area contributed by atoms with Crippen molar-refractivity contribution in [3.8, 4) is 0 Å². The summed E-state index contributed by atoms with van der Waals surface area (Å²) >= 11 is 0. The summed E-state index contributed by atoms with van der Waals surface area (Å²) in [6, 6.07) is -0.00981. The summed E-state index contributed by atoms with van der Waals surface area (Å²) in [5, 5.41) is 0. The minimum Gasteiger partial charge on any atom is -0.463 e. The SMILES string of the molecule is CCCC(N)C(CC)=C(C)C(=O)OCC. The maximum Gasteiger partial charge on any atom is 0.333 e. The third-order valence-electron chi connectivity index (χ3n) is 2.49. The lowest BCUT2D eigenvalue weighted by Gasteiger charge is -2.16. The number of nitrogens with two attached hydrogens (primary N) is 1. The fourth-order valence-corrected chi connectivity index (χ4v) is 1.66. The fraction of sp³-hybridized carbons (Fsp3) is 0.750. The van der Waals surface area contributed by atoms with E-state index in [0.717, 1.165) is 24.8 Å². The molecule has 0 saturated carbocycles. The van der Waals surface area contributed by atoms with Gasteiger partial charge in [-0.1, -0.05) is 20.3 Å². The summed E-state index contributed by atoms with van der Waals surface area (Å²) in [5.74, 6) is -0.235. The quantitative estimate of drug-likeness (QED) is 0.544. The summed E-state index contributed by atoms with van der Waals surface area (Å²) in [6.07, 6.45) is 2.76. The van der Waals surface area contributed by atoms with Crippen LogP contribution in [0, 0.1) is 0 Å². The van der Waals surface area contributed by atoms with Gasteiger partial charge in [0.1, 0.15) is 0 Å². The lowest BCUT2D eigenvalue weighted by Crippen LogP contribution is -2.25. The Morgan fingerprint density at radius 1 is 1.33 bits per heavy atom. The lowest BCUT2D eigenvalue weighted by molar-refractivity contribution is -0.138. The van der Waals surface area contributed by atoms with Crippen LogP contribution >= 0.6 is 0 Å². The second-order valence-corrected chi connectivity index (χ2v) is 3.62. The molecule has 15 heavy (non-hydrogen) atoms. The van der Waals surface area contributed by atoms with Crippen molar-refractivity contribution in [3.05, 3.63) is 11.1 Å². The third-order valence-corrected chi connectivity index (χ3v) is 2.49. The molecule has 1 unspecified atom stereocenters. The molecule has 88 valence electrons. The molecule has 1 atom stereocenters. The summed E-state index contributed by atoms with van der Waals surface area (Å²) in [5.41, 5.74) is 7.71. The molecule has 0 fully saturated rings. The van der Waals surface area contributed by atoms with Gasteiger partial charge in [-0.05, 0) is 32.3 Å². The Bertz CT molecular complexity index is 234. The molecule has 2 N–H and O–H groups in total. The molecule has 0 heterocycles. The molecule has 0 aromatic rings. The van der Waals surface area contributed by atoms with E-state index in [0.29, 0.717) is 12.2 Å². The molecular formula is C12H23NO2. The van der Waals surface area contributed by atoms with Gasteiger partial charge < -0.3 is 10.5 Å². The molecule has 0 bridgehead atoms. The van der Waals surface area contributed by atoms with E-state index in [1.165, 1.54) is 0 Å². The van der Waals surface area contributed by atoms with Crippen molar-refractivity contribution in [1.82, 2.24) is 0 Å².